The molecule has 1 aromatic rings. The third-order valence-corrected chi connectivity index (χ3v) is 9.63. The van der Waals surface area contributed by atoms with Crippen molar-refractivity contribution in [3.05, 3.63) is 22.7 Å². The summed E-state index contributed by atoms with van der Waals surface area (Å²) in [7, 11) is -0.514. The summed E-state index contributed by atoms with van der Waals surface area (Å²) < 4.78 is 18.7. The molecular formula is C16H29N3O5Si. The van der Waals surface area contributed by atoms with Gasteiger partial charge in [-0.25, -0.2) is 4.79 Å². The Balaban J connectivity index is 2.17. The lowest BCUT2D eigenvalue weighted by Crippen LogP contribution is -2.44. The minimum atomic E-state index is -1.98. The lowest BCUT2D eigenvalue weighted by Gasteiger charge is -2.37. The van der Waals surface area contributed by atoms with Crippen LogP contribution in [0, 0.1) is 0 Å². The van der Waals surface area contributed by atoms with Crippen molar-refractivity contribution in [2.24, 2.45) is 0 Å². The Bertz CT molecular complexity index is 658. The van der Waals surface area contributed by atoms with Crippen LogP contribution in [0.3, 0.4) is 0 Å². The minimum Gasteiger partial charge on any atom is -0.414 e. The Morgan fingerprint density at radius 3 is 2.60 bits per heavy atom. The van der Waals surface area contributed by atoms with E-state index in [1.54, 1.807) is 0 Å². The summed E-state index contributed by atoms with van der Waals surface area (Å²) in [6, 6.07) is 1.50. The Morgan fingerprint density at radius 2 is 2.08 bits per heavy atom. The normalized spacial score (nSPS) is 27.6. The molecular weight excluding hydrogens is 342 g/mol. The molecule has 9 heteroatoms. The van der Waals surface area contributed by atoms with Gasteiger partial charge in [0.2, 0.25) is 0 Å². The fourth-order valence-corrected chi connectivity index (χ4v) is 3.48. The first-order chi connectivity index (χ1) is 11.5. The molecule has 142 valence electrons. The van der Waals surface area contributed by atoms with E-state index >= 15 is 0 Å². The molecule has 1 aromatic heterocycles. The van der Waals surface area contributed by atoms with E-state index in [0.717, 1.165) is 0 Å². The first-order valence-corrected chi connectivity index (χ1v) is 11.2. The first kappa shape index (κ1) is 20.1. The second kappa shape index (κ2) is 7.16. The van der Waals surface area contributed by atoms with Crippen molar-refractivity contribution < 1.29 is 19.0 Å². The third-order valence-electron chi connectivity index (χ3n) is 5.13. The van der Waals surface area contributed by atoms with Crippen molar-refractivity contribution in [1.82, 2.24) is 9.55 Å². The van der Waals surface area contributed by atoms with Gasteiger partial charge < -0.3 is 24.7 Å². The van der Waals surface area contributed by atoms with Crippen LogP contribution in [-0.4, -0.2) is 55.0 Å². The Labute approximate surface area is 149 Å². The summed E-state index contributed by atoms with van der Waals surface area (Å²) in [5.74, 6) is 0.131. The highest BCUT2D eigenvalue weighted by Gasteiger charge is 2.47. The Kier molecular flexibility index (Phi) is 5.74. The summed E-state index contributed by atoms with van der Waals surface area (Å²) in [5.41, 5.74) is 4.97. The Morgan fingerprint density at radius 1 is 1.44 bits per heavy atom. The minimum absolute atomic E-state index is 0.0500. The second-order valence-electron chi connectivity index (χ2n) is 7.87. The summed E-state index contributed by atoms with van der Waals surface area (Å²) in [6.45, 7) is 10.9. The number of nitrogen functional groups attached to an aromatic ring is 1. The molecule has 0 aromatic carbocycles. The highest BCUT2D eigenvalue weighted by Crippen LogP contribution is 2.38. The van der Waals surface area contributed by atoms with Gasteiger partial charge in [0.05, 0.1) is 6.61 Å². The second-order valence-corrected chi connectivity index (χ2v) is 12.7. The van der Waals surface area contributed by atoms with Crippen molar-refractivity contribution in [2.75, 3.05) is 19.5 Å². The van der Waals surface area contributed by atoms with Gasteiger partial charge in [-0.05, 0) is 24.2 Å². The zero-order valence-corrected chi connectivity index (χ0v) is 16.7. The number of rotatable bonds is 5. The molecule has 1 saturated heterocycles. The molecule has 0 saturated carbocycles. The van der Waals surface area contributed by atoms with E-state index < -0.39 is 38.5 Å². The number of methoxy groups -OCH3 is 1. The van der Waals surface area contributed by atoms with Crippen LogP contribution in [0.2, 0.25) is 18.1 Å². The standard InChI is InChI=1S/C16H29N3O5Si/c1-16(2,3)25(5,6)23-9-10-12(20)13(22-4)14(24-10)19-8-7-11(17)18-15(19)21/h7-8,10,12-14,20H,9H2,1-6H3,(H2,17,18,21)/t10-,12-,13-,14-/m1/s1. The van der Waals surface area contributed by atoms with Crippen LogP contribution in [0.1, 0.15) is 27.0 Å². The quantitative estimate of drug-likeness (QED) is 0.747. The van der Waals surface area contributed by atoms with Gasteiger partial charge in [-0.2, -0.15) is 4.98 Å². The molecule has 0 bridgehead atoms. The molecule has 25 heavy (non-hydrogen) atoms. The number of hydrogen-bond acceptors (Lipinski definition) is 7. The summed E-state index contributed by atoms with van der Waals surface area (Å²) in [5, 5.41) is 10.6. The van der Waals surface area contributed by atoms with Gasteiger partial charge in [0.1, 0.15) is 24.1 Å². The molecule has 0 aliphatic carbocycles. The number of anilines is 1. The molecule has 1 aliphatic heterocycles. The van der Waals surface area contributed by atoms with Crippen molar-refractivity contribution >= 4 is 14.1 Å². The number of aromatic nitrogens is 2. The smallest absolute Gasteiger partial charge is 0.351 e. The lowest BCUT2D eigenvalue weighted by atomic mass is 10.1. The van der Waals surface area contributed by atoms with Crippen LogP contribution >= 0.6 is 0 Å². The fraction of sp³-hybridized carbons (Fsp3) is 0.750. The highest BCUT2D eigenvalue weighted by molar-refractivity contribution is 6.74. The number of aliphatic hydroxyl groups is 1. The van der Waals surface area contributed by atoms with Crippen molar-refractivity contribution in [1.29, 1.82) is 0 Å². The van der Waals surface area contributed by atoms with E-state index in [4.69, 9.17) is 19.6 Å². The molecule has 8 nitrogen and oxygen atoms in total. The number of hydrogen-bond donors (Lipinski definition) is 2. The summed E-state index contributed by atoms with van der Waals surface area (Å²) >= 11 is 0. The van der Waals surface area contributed by atoms with Crippen LogP contribution in [0.4, 0.5) is 5.82 Å². The van der Waals surface area contributed by atoms with Crippen LogP contribution < -0.4 is 11.4 Å². The highest BCUT2D eigenvalue weighted by atomic mass is 28.4. The molecule has 1 aliphatic rings. The van der Waals surface area contributed by atoms with Crippen LogP contribution in [0.15, 0.2) is 17.1 Å². The zero-order chi connectivity index (χ0) is 19.0. The first-order valence-electron chi connectivity index (χ1n) is 8.33. The average Bonchev–Trinajstić information content (AvgIpc) is 2.80. The van der Waals surface area contributed by atoms with Gasteiger partial charge in [-0.1, -0.05) is 20.8 Å². The number of aliphatic hydroxyl groups excluding tert-OH is 1. The maximum Gasteiger partial charge on any atom is 0.351 e. The lowest BCUT2D eigenvalue weighted by molar-refractivity contribution is -0.0612. The molecule has 3 N–H and O–H groups in total. The molecule has 0 spiro atoms. The van der Waals surface area contributed by atoms with E-state index in [1.807, 2.05) is 0 Å². The van der Waals surface area contributed by atoms with Crippen LogP contribution in [0.25, 0.3) is 0 Å². The van der Waals surface area contributed by atoms with Crippen molar-refractivity contribution in [3.8, 4) is 0 Å². The predicted octanol–water partition coefficient (Wildman–Crippen LogP) is 1.12. The van der Waals surface area contributed by atoms with E-state index in [2.05, 4.69) is 38.8 Å². The zero-order valence-electron chi connectivity index (χ0n) is 15.7. The number of nitrogens with zero attached hydrogens (tertiary/aromatic N) is 2. The van der Waals surface area contributed by atoms with Gasteiger partial charge in [-0.15, -0.1) is 0 Å². The largest absolute Gasteiger partial charge is 0.414 e. The topological polar surface area (TPSA) is 109 Å². The summed E-state index contributed by atoms with van der Waals surface area (Å²) in [4.78, 5) is 15.8. The molecule has 0 radical (unpaired) electrons. The van der Waals surface area contributed by atoms with Crippen molar-refractivity contribution in [3.63, 3.8) is 0 Å². The molecule has 2 rings (SSSR count). The van der Waals surface area contributed by atoms with Gasteiger partial charge >= 0.3 is 5.69 Å². The van der Waals surface area contributed by atoms with Gasteiger partial charge in [0.15, 0.2) is 14.5 Å². The number of nitrogens with two attached hydrogens (primary N) is 1. The van der Waals surface area contributed by atoms with Gasteiger partial charge in [0, 0.05) is 13.3 Å². The monoisotopic (exact) mass is 371 g/mol. The molecule has 0 unspecified atom stereocenters. The maximum atomic E-state index is 12.1. The Hall–Kier alpha value is -1.26. The van der Waals surface area contributed by atoms with Crippen molar-refractivity contribution in [2.45, 2.75) is 63.4 Å². The number of ether oxygens (including phenoxy) is 2. The van der Waals surface area contributed by atoms with E-state index in [1.165, 1.54) is 23.9 Å². The maximum absolute atomic E-state index is 12.1. The third kappa shape index (κ3) is 4.12. The molecule has 0 amide bonds. The van der Waals surface area contributed by atoms with E-state index in [0.29, 0.717) is 0 Å². The fourth-order valence-electron chi connectivity index (χ4n) is 2.46. The van der Waals surface area contributed by atoms with Crippen LogP contribution in [-0.2, 0) is 13.9 Å². The SMILES string of the molecule is CO[C@@H]1[C@H](O)[C@@H](CO[Si](C)(C)C(C)(C)C)O[C@H]1n1ccc(N)nc1=O. The average molecular weight is 372 g/mol. The molecule has 4 atom stereocenters. The summed E-state index contributed by atoms with van der Waals surface area (Å²) in [6.07, 6.45) is -1.49. The molecule has 1 fully saturated rings. The van der Waals surface area contributed by atoms with Gasteiger partial charge in [0.25, 0.3) is 0 Å². The van der Waals surface area contributed by atoms with Gasteiger partial charge in [-0.3, -0.25) is 4.57 Å². The van der Waals surface area contributed by atoms with E-state index in [9.17, 15) is 9.90 Å². The predicted molar refractivity (Wildman–Crippen MR) is 96.8 cm³/mol. The van der Waals surface area contributed by atoms with E-state index in [-0.39, 0.29) is 17.5 Å². The van der Waals surface area contributed by atoms with Crippen LogP contribution in [0.5, 0.6) is 0 Å². The molecule has 2 heterocycles.